The molecule has 0 aromatic carbocycles. The van der Waals surface area contributed by atoms with Gasteiger partial charge in [0.1, 0.15) is 5.69 Å². The van der Waals surface area contributed by atoms with E-state index in [1.165, 1.54) is 16.2 Å². The summed E-state index contributed by atoms with van der Waals surface area (Å²) >= 11 is 3.27. The molecule has 0 saturated carbocycles. The Morgan fingerprint density at radius 3 is 2.82 bits per heavy atom. The minimum Gasteiger partial charge on any atom is -0.343 e. The van der Waals surface area contributed by atoms with Gasteiger partial charge in [0.2, 0.25) is 0 Å². The summed E-state index contributed by atoms with van der Waals surface area (Å²) in [5.41, 5.74) is 0.564. The zero-order valence-corrected chi connectivity index (χ0v) is 11.5. The largest absolute Gasteiger partial charge is 0.343 e. The van der Waals surface area contributed by atoms with E-state index in [0.29, 0.717) is 5.69 Å². The number of Topliss-reactive ketones (excluding diaryl/α,β-unsaturated/α-hetero) is 1. The number of hydrogen-bond donors (Lipinski definition) is 0. The first-order valence-electron chi connectivity index (χ1n) is 5.44. The molecule has 17 heavy (non-hydrogen) atoms. The third kappa shape index (κ3) is 2.92. The average molecular weight is 266 g/mol. The van der Waals surface area contributed by atoms with E-state index >= 15 is 0 Å². The molecule has 0 aliphatic carbocycles. The number of carbonyl (C=O) groups excluding carboxylic acids is 1. The topological polar surface area (TPSA) is 33.2 Å². The van der Waals surface area contributed by atoms with Crippen molar-refractivity contribution in [3.8, 4) is 0 Å². The smallest absolute Gasteiger partial charge is 0.186 e. The fourth-order valence-electron chi connectivity index (χ4n) is 1.48. The molecule has 2 aromatic heterocycles. The summed E-state index contributed by atoms with van der Waals surface area (Å²) in [6.07, 6.45) is 0. The van der Waals surface area contributed by atoms with Crippen molar-refractivity contribution in [1.82, 2.24) is 4.98 Å². The monoisotopic (exact) mass is 266 g/mol. The molecule has 0 fully saturated rings. The summed E-state index contributed by atoms with van der Waals surface area (Å²) in [6.45, 7) is 5.40. The van der Waals surface area contributed by atoms with E-state index < -0.39 is 0 Å². The quantitative estimate of drug-likeness (QED) is 0.777. The molecule has 2 rings (SSSR count). The molecule has 0 radical (unpaired) electrons. The number of thiophene rings is 1. The second kappa shape index (κ2) is 5.42. The molecule has 0 unspecified atom stereocenters. The molecule has 2 heterocycles. The van der Waals surface area contributed by atoms with Gasteiger partial charge >= 0.3 is 0 Å². The van der Waals surface area contributed by atoms with Crippen molar-refractivity contribution in [3.63, 3.8) is 0 Å². The third-order valence-electron chi connectivity index (χ3n) is 2.43. The van der Waals surface area contributed by atoms with Gasteiger partial charge in [-0.05, 0) is 18.4 Å². The van der Waals surface area contributed by atoms with Crippen LogP contribution in [0.3, 0.4) is 0 Å². The third-order valence-corrected chi connectivity index (χ3v) is 4.19. The highest BCUT2D eigenvalue weighted by Crippen LogP contribution is 2.23. The number of carbonyl (C=O) groups is 1. The summed E-state index contributed by atoms with van der Waals surface area (Å²) in [5, 5.41) is 4.83. The molecular formula is C12H14N2OS2. The Bertz CT molecular complexity index is 490. The Balaban J connectivity index is 2.14. The van der Waals surface area contributed by atoms with Gasteiger partial charge in [-0.2, -0.15) is 0 Å². The highest BCUT2D eigenvalue weighted by molar-refractivity contribution is 7.14. The number of hydrogen-bond acceptors (Lipinski definition) is 5. The van der Waals surface area contributed by atoms with Gasteiger partial charge in [-0.3, -0.25) is 4.79 Å². The fourth-order valence-corrected chi connectivity index (χ4v) is 3.13. The van der Waals surface area contributed by atoms with Gasteiger partial charge in [-0.15, -0.1) is 22.7 Å². The summed E-state index contributed by atoms with van der Waals surface area (Å²) in [5.74, 6) is 0.0275. The molecule has 0 amide bonds. The summed E-state index contributed by atoms with van der Waals surface area (Å²) in [6, 6.07) is 4.17. The molecule has 0 aliphatic rings. The number of anilines is 1. The predicted octanol–water partition coefficient (Wildman–Crippen LogP) is 3.43. The lowest BCUT2D eigenvalue weighted by Crippen LogP contribution is -2.21. The van der Waals surface area contributed by atoms with E-state index in [4.69, 9.17) is 0 Å². The van der Waals surface area contributed by atoms with Crippen LogP contribution in [0.2, 0.25) is 0 Å². The Morgan fingerprint density at radius 1 is 1.47 bits per heavy atom. The van der Waals surface area contributed by atoms with Crippen molar-refractivity contribution in [2.45, 2.75) is 20.4 Å². The van der Waals surface area contributed by atoms with Gasteiger partial charge in [0.05, 0.1) is 6.54 Å². The SMILES string of the molecule is CCN(Cc1cccs1)c1nc(C(C)=O)cs1. The normalized spacial score (nSPS) is 10.5. The second-order valence-electron chi connectivity index (χ2n) is 3.67. The summed E-state index contributed by atoms with van der Waals surface area (Å²) < 4.78 is 0. The van der Waals surface area contributed by atoms with Crippen molar-refractivity contribution in [3.05, 3.63) is 33.5 Å². The minimum atomic E-state index is 0.0275. The maximum Gasteiger partial charge on any atom is 0.186 e. The molecule has 0 N–H and O–H groups in total. The van der Waals surface area contributed by atoms with Crippen molar-refractivity contribution in [2.75, 3.05) is 11.4 Å². The molecular weight excluding hydrogens is 252 g/mol. The number of thiazole rings is 1. The summed E-state index contributed by atoms with van der Waals surface area (Å²) in [7, 11) is 0. The van der Waals surface area contributed by atoms with Crippen LogP contribution in [0.4, 0.5) is 5.13 Å². The van der Waals surface area contributed by atoms with Crippen LogP contribution in [0, 0.1) is 0 Å². The van der Waals surface area contributed by atoms with Gasteiger partial charge < -0.3 is 4.90 Å². The van der Waals surface area contributed by atoms with Crippen molar-refractivity contribution < 1.29 is 4.79 Å². The highest BCUT2D eigenvalue weighted by atomic mass is 32.1. The molecule has 90 valence electrons. The molecule has 0 spiro atoms. The van der Waals surface area contributed by atoms with Crippen LogP contribution in [0.15, 0.2) is 22.9 Å². The van der Waals surface area contributed by atoms with E-state index in [-0.39, 0.29) is 5.78 Å². The lowest BCUT2D eigenvalue weighted by atomic mass is 10.4. The molecule has 0 aliphatic heterocycles. The van der Waals surface area contributed by atoms with E-state index in [1.807, 2.05) is 5.38 Å². The van der Waals surface area contributed by atoms with Crippen LogP contribution in [-0.4, -0.2) is 17.3 Å². The highest BCUT2D eigenvalue weighted by Gasteiger charge is 2.12. The lowest BCUT2D eigenvalue weighted by Gasteiger charge is -2.18. The molecule has 0 bridgehead atoms. The van der Waals surface area contributed by atoms with Gasteiger partial charge in [0, 0.05) is 23.7 Å². The first-order valence-corrected chi connectivity index (χ1v) is 7.20. The standard InChI is InChI=1S/C12H14N2OS2/c1-3-14(7-10-5-4-6-16-10)12-13-11(8-17-12)9(2)15/h4-6,8H,3,7H2,1-2H3. The van der Waals surface area contributed by atoms with E-state index in [0.717, 1.165) is 18.2 Å². The minimum absolute atomic E-state index is 0.0275. The van der Waals surface area contributed by atoms with E-state index in [2.05, 4.69) is 34.3 Å². The van der Waals surface area contributed by atoms with Gasteiger partial charge in [-0.1, -0.05) is 6.07 Å². The Morgan fingerprint density at radius 2 is 2.29 bits per heavy atom. The lowest BCUT2D eigenvalue weighted by molar-refractivity contribution is 0.101. The van der Waals surface area contributed by atoms with E-state index in [9.17, 15) is 4.79 Å². The Labute approximate surface area is 109 Å². The van der Waals surface area contributed by atoms with Crippen LogP contribution in [0.1, 0.15) is 29.2 Å². The number of ketones is 1. The number of aromatic nitrogens is 1. The molecule has 2 aromatic rings. The maximum atomic E-state index is 11.2. The van der Waals surface area contributed by atoms with Crippen molar-refractivity contribution in [1.29, 1.82) is 0 Å². The first kappa shape index (κ1) is 12.3. The van der Waals surface area contributed by atoms with Gasteiger partial charge in [0.25, 0.3) is 0 Å². The zero-order valence-electron chi connectivity index (χ0n) is 9.84. The van der Waals surface area contributed by atoms with Crippen LogP contribution >= 0.6 is 22.7 Å². The fraction of sp³-hybridized carbons (Fsp3) is 0.333. The first-order chi connectivity index (χ1) is 8.20. The molecule has 3 nitrogen and oxygen atoms in total. The van der Waals surface area contributed by atoms with Crippen LogP contribution in [-0.2, 0) is 6.54 Å². The van der Waals surface area contributed by atoms with E-state index in [1.54, 1.807) is 18.3 Å². The van der Waals surface area contributed by atoms with Crippen LogP contribution in [0.25, 0.3) is 0 Å². The van der Waals surface area contributed by atoms with Crippen molar-refractivity contribution in [2.24, 2.45) is 0 Å². The van der Waals surface area contributed by atoms with Crippen LogP contribution in [0.5, 0.6) is 0 Å². The Kier molecular flexibility index (Phi) is 3.91. The van der Waals surface area contributed by atoms with Gasteiger partial charge in [-0.25, -0.2) is 4.98 Å². The predicted molar refractivity (Wildman–Crippen MR) is 73.2 cm³/mol. The molecule has 0 saturated heterocycles. The van der Waals surface area contributed by atoms with Gasteiger partial charge in [0.15, 0.2) is 10.9 Å². The van der Waals surface area contributed by atoms with Crippen molar-refractivity contribution >= 4 is 33.6 Å². The zero-order chi connectivity index (χ0) is 12.3. The summed E-state index contributed by atoms with van der Waals surface area (Å²) in [4.78, 5) is 19.1. The van der Waals surface area contributed by atoms with Crippen LogP contribution < -0.4 is 4.90 Å². The second-order valence-corrected chi connectivity index (χ2v) is 5.53. The molecule has 0 atom stereocenters. The average Bonchev–Trinajstić information content (AvgIpc) is 2.96. The Hall–Kier alpha value is -1.20. The number of nitrogens with zero attached hydrogens (tertiary/aromatic N) is 2. The molecule has 5 heteroatoms. The number of rotatable bonds is 5. The maximum absolute atomic E-state index is 11.2.